The van der Waals surface area contributed by atoms with E-state index in [9.17, 15) is 4.79 Å². The molecule has 1 amide bonds. The Labute approximate surface area is 165 Å². The predicted octanol–water partition coefficient (Wildman–Crippen LogP) is -0.769. The van der Waals surface area contributed by atoms with Crippen LogP contribution in [0.25, 0.3) is 0 Å². The Balaban J connectivity index is 1.49. The lowest BCUT2D eigenvalue weighted by Crippen LogP contribution is -3.28. The minimum Gasteiger partial charge on any atom is -0.493 e. The summed E-state index contributed by atoms with van der Waals surface area (Å²) in [5.41, 5.74) is 2.48. The molecule has 8 nitrogen and oxygen atoms in total. The second-order valence-corrected chi connectivity index (χ2v) is 7.36. The Morgan fingerprint density at radius 1 is 1.07 bits per heavy atom. The van der Waals surface area contributed by atoms with Crippen LogP contribution >= 0.6 is 0 Å². The highest BCUT2D eigenvalue weighted by molar-refractivity contribution is 5.90. The molecule has 1 fully saturated rings. The van der Waals surface area contributed by atoms with Crippen LogP contribution < -0.4 is 24.6 Å². The summed E-state index contributed by atoms with van der Waals surface area (Å²) in [6.07, 6.45) is 0. The molecule has 1 aliphatic rings. The Hall–Kier alpha value is -2.58. The van der Waals surface area contributed by atoms with Crippen molar-refractivity contribution in [3.8, 4) is 11.5 Å². The molecule has 1 aromatic heterocycles. The van der Waals surface area contributed by atoms with Gasteiger partial charge in [0.15, 0.2) is 23.9 Å². The first-order chi connectivity index (χ1) is 13.5. The van der Waals surface area contributed by atoms with E-state index >= 15 is 0 Å². The number of amides is 1. The molecule has 2 heterocycles. The Morgan fingerprint density at radius 3 is 2.32 bits per heavy atom. The molecule has 1 saturated heterocycles. The minimum absolute atomic E-state index is 0.0255. The normalized spacial score (nSPS) is 19.3. The molecule has 0 spiro atoms. The fourth-order valence-corrected chi connectivity index (χ4v) is 3.63. The second-order valence-electron chi connectivity index (χ2n) is 7.36. The van der Waals surface area contributed by atoms with Crippen molar-refractivity contribution in [2.45, 2.75) is 20.4 Å². The number of piperazine rings is 1. The average molecular weight is 390 g/mol. The quantitative estimate of drug-likeness (QED) is 0.579. The molecule has 152 valence electrons. The zero-order valence-electron chi connectivity index (χ0n) is 17.1. The van der Waals surface area contributed by atoms with Crippen LogP contribution in [0.2, 0.25) is 0 Å². The number of nitrogens with one attached hydrogen (secondary N) is 3. The smallest absolute Gasteiger partial charge is 0.280 e. The van der Waals surface area contributed by atoms with Crippen molar-refractivity contribution in [3.05, 3.63) is 35.1 Å². The van der Waals surface area contributed by atoms with E-state index in [0.717, 1.165) is 44.2 Å². The van der Waals surface area contributed by atoms with Crippen LogP contribution in [-0.4, -0.2) is 58.0 Å². The molecule has 0 unspecified atom stereocenters. The number of aryl methyl sites for hydroxylation is 2. The molecule has 0 aliphatic carbocycles. The first kappa shape index (κ1) is 20.2. The molecule has 2 aromatic rings. The highest BCUT2D eigenvalue weighted by atomic mass is 16.5. The van der Waals surface area contributed by atoms with Crippen molar-refractivity contribution in [2.75, 3.05) is 52.3 Å². The summed E-state index contributed by atoms with van der Waals surface area (Å²) in [7, 11) is 3.32. The average Bonchev–Trinajstić information content (AvgIpc) is 3.09. The molecule has 28 heavy (non-hydrogen) atoms. The third-order valence-corrected chi connectivity index (χ3v) is 5.25. The summed E-state index contributed by atoms with van der Waals surface area (Å²) >= 11 is 0. The summed E-state index contributed by atoms with van der Waals surface area (Å²) in [4.78, 5) is 15.0. The number of quaternary nitrogens is 2. The van der Waals surface area contributed by atoms with Crippen LogP contribution in [0.1, 0.15) is 16.9 Å². The van der Waals surface area contributed by atoms with E-state index in [4.69, 9.17) is 14.0 Å². The van der Waals surface area contributed by atoms with Gasteiger partial charge in [0.25, 0.3) is 5.91 Å². The van der Waals surface area contributed by atoms with Gasteiger partial charge >= 0.3 is 0 Å². The van der Waals surface area contributed by atoms with E-state index in [0.29, 0.717) is 18.1 Å². The molecule has 0 saturated carbocycles. The molecule has 1 aromatic carbocycles. The molecule has 3 rings (SSSR count). The van der Waals surface area contributed by atoms with Crippen molar-refractivity contribution in [2.24, 2.45) is 0 Å². The van der Waals surface area contributed by atoms with Gasteiger partial charge in [-0.1, -0.05) is 5.16 Å². The van der Waals surface area contributed by atoms with Crippen molar-refractivity contribution < 1.29 is 28.6 Å². The van der Waals surface area contributed by atoms with Gasteiger partial charge in [-0.15, -0.1) is 0 Å². The molecule has 3 N–H and O–H groups in total. The number of carbonyl (C=O) groups excluding carboxylic acids is 1. The van der Waals surface area contributed by atoms with Gasteiger partial charge in [-0.25, -0.2) is 0 Å². The number of hydrogen-bond acceptors (Lipinski definition) is 5. The third kappa shape index (κ3) is 5.02. The standard InChI is InChI=1S/C20H28N4O4/c1-14-9-17(26-3)18(27-4)11-16(14)12-23-5-7-24(8-6-23)13-20(25)21-19-10-15(2)28-22-19/h9-11H,5-8,12-13H2,1-4H3,(H,21,22,25)/p+2. The monoisotopic (exact) mass is 390 g/mol. The fourth-order valence-electron chi connectivity index (χ4n) is 3.63. The van der Waals surface area contributed by atoms with Crippen molar-refractivity contribution in [3.63, 3.8) is 0 Å². The fraction of sp³-hybridized carbons (Fsp3) is 0.500. The highest BCUT2D eigenvalue weighted by Gasteiger charge is 2.26. The van der Waals surface area contributed by atoms with Crippen LogP contribution in [-0.2, 0) is 11.3 Å². The number of hydrogen-bond donors (Lipinski definition) is 3. The number of nitrogens with zero attached hydrogens (tertiary/aromatic N) is 1. The lowest BCUT2D eigenvalue weighted by atomic mass is 10.1. The summed E-state index contributed by atoms with van der Waals surface area (Å²) in [5.74, 6) is 2.68. The largest absolute Gasteiger partial charge is 0.493 e. The van der Waals surface area contributed by atoms with Crippen molar-refractivity contribution >= 4 is 11.7 Å². The molecular formula is C20H30N4O4+2. The number of rotatable bonds is 7. The summed E-state index contributed by atoms with van der Waals surface area (Å²) < 4.78 is 15.8. The highest BCUT2D eigenvalue weighted by Crippen LogP contribution is 2.29. The van der Waals surface area contributed by atoms with Crippen LogP contribution in [0, 0.1) is 13.8 Å². The van der Waals surface area contributed by atoms with Crippen LogP contribution in [0.4, 0.5) is 5.82 Å². The summed E-state index contributed by atoms with van der Waals surface area (Å²) in [6.45, 7) is 9.29. The zero-order chi connectivity index (χ0) is 20.1. The minimum atomic E-state index is -0.0255. The number of anilines is 1. The van der Waals surface area contributed by atoms with E-state index in [-0.39, 0.29) is 5.91 Å². The summed E-state index contributed by atoms with van der Waals surface area (Å²) in [5, 5.41) is 6.60. The first-order valence-electron chi connectivity index (χ1n) is 9.60. The molecule has 8 heteroatoms. The van der Waals surface area contributed by atoms with E-state index in [2.05, 4.69) is 23.5 Å². The van der Waals surface area contributed by atoms with Gasteiger partial charge in [-0.2, -0.15) is 0 Å². The molecule has 0 bridgehead atoms. The Kier molecular flexibility index (Phi) is 6.53. The molecule has 1 aliphatic heterocycles. The van der Waals surface area contributed by atoms with Gasteiger partial charge in [0.05, 0.1) is 14.2 Å². The first-order valence-corrected chi connectivity index (χ1v) is 9.60. The van der Waals surface area contributed by atoms with Gasteiger partial charge in [0.2, 0.25) is 0 Å². The third-order valence-electron chi connectivity index (χ3n) is 5.25. The number of ether oxygens (including phenoxy) is 2. The number of benzene rings is 1. The summed E-state index contributed by atoms with van der Waals surface area (Å²) in [6, 6.07) is 5.83. The van der Waals surface area contributed by atoms with Gasteiger partial charge in [-0.05, 0) is 31.5 Å². The van der Waals surface area contributed by atoms with E-state index in [1.807, 2.05) is 6.07 Å². The van der Waals surface area contributed by atoms with Crippen LogP contribution in [0.15, 0.2) is 22.7 Å². The number of aromatic nitrogens is 1. The zero-order valence-corrected chi connectivity index (χ0v) is 17.1. The van der Waals surface area contributed by atoms with Gasteiger partial charge in [0, 0.05) is 11.6 Å². The topological polar surface area (TPSA) is 82.5 Å². The molecular weight excluding hydrogens is 360 g/mol. The van der Waals surface area contributed by atoms with Gasteiger partial charge in [0.1, 0.15) is 38.5 Å². The molecule has 0 radical (unpaired) electrons. The maximum Gasteiger partial charge on any atom is 0.280 e. The van der Waals surface area contributed by atoms with Crippen molar-refractivity contribution in [1.82, 2.24) is 5.16 Å². The lowest BCUT2D eigenvalue weighted by Gasteiger charge is -2.29. The second kappa shape index (κ2) is 9.07. The van der Waals surface area contributed by atoms with E-state index < -0.39 is 0 Å². The number of methoxy groups -OCH3 is 2. The Morgan fingerprint density at radius 2 is 1.71 bits per heavy atom. The predicted molar refractivity (Wildman–Crippen MR) is 104 cm³/mol. The maximum atomic E-state index is 12.2. The van der Waals surface area contributed by atoms with Gasteiger partial charge < -0.3 is 29.1 Å². The SMILES string of the molecule is COc1cc(C)c(C[NH+]2CC[NH+](CC(=O)Nc3cc(C)on3)CC2)cc1OC. The van der Waals surface area contributed by atoms with Gasteiger partial charge in [-0.3, -0.25) is 4.79 Å². The number of carbonyl (C=O) groups is 1. The van der Waals surface area contributed by atoms with E-state index in [1.165, 1.54) is 20.9 Å². The Bertz CT molecular complexity index is 813. The van der Waals surface area contributed by atoms with E-state index in [1.54, 1.807) is 27.2 Å². The van der Waals surface area contributed by atoms with Crippen molar-refractivity contribution in [1.29, 1.82) is 0 Å². The maximum absolute atomic E-state index is 12.2. The lowest BCUT2D eigenvalue weighted by molar-refractivity contribution is -1.02. The van der Waals surface area contributed by atoms with Crippen LogP contribution in [0.5, 0.6) is 11.5 Å². The van der Waals surface area contributed by atoms with Crippen LogP contribution in [0.3, 0.4) is 0 Å². The molecule has 0 atom stereocenters.